The van der Waals surface area contributed by atoms with Crippen LogP contribution in [0.2, 0.25) is 0 Å². The molecule has 0 bridgehead atoms. The molecule has 0 aliphatic rings. The highest BCUT2D eigenvalue weighted by Gasteiger charge is 2.15. The lowest BCUT2D eigenvalue weighted by molar-refractivity contribution is -0.112. The van der Waals surface area contributed by atoms with Gasteiger partial charge in [-0.1, -0.05) is 36.4 Å². The molecule has 32 heavy (non-hydrogen) atoms. The van der Waals surface area contributed by atoms with Gasteiger partial charge in [0.1, 0.15) is 17.4 Å². The number of fused-ring (bicyclic) bond motifs is 1. The van der Waals surface area contributed by atoms with E-state index in [2.05, 4.69) is 5.32 Å². The molecule has 2 heterocycles. The lowest BCUT2D eigenvalue weighted by Crippen LogP contribution is -2.14. The summed E-state index contributed by atoms with van der Waals surface area (Å²) in [5.41, 5.74) is 3.08. The first-order valence-corrected chi connectivity index (χ1v) is 9.85. The van der Waals surface area contributed by atoms with Crippen molar-refractivity contribution in [2.75, 3.05) is 5.32 Å². The van der Waals surface area contributed by atoms with Crippen LogP contribution in [0.15, 0.2) is 76.9 Å². The number of aryl methyl sites for hydroxylation is 1. The summed E-state index contributed by atoms with van der Waals surface area (Å²) < 4.78 is 7.26. The molecule has 0 aliphatic carbocycles. The van der Waals surface area contributed by atoms with Gasteiger partial charge in [-0.3, -0.25) is 4.79 Å². The van der Waals surface area contributed by atoms with Crippen LogP contribution in [-0.4, -0.2) is 21.6 Å². The fourth-order valence-electron chi connectivity index (χ4n) is 3.47. The predicted molar refractivity (Wildman–Crippen MR) is 120 cm³/mol. The van der Waals surface area contributed by atoms with Crippen molar-refractivity contribution in [1.29, 1.82) is 5.26 Å². The highest BCUT2D eigenvalue weighted by molar-refractivity contribution is 6.11. The van der Waals surface area contributed by atoms with Gasteiger partial charge in [-0.05, 0) is 42.8 Å². The number of carbonyl (C=O) groups excluding carboxylic acids is 1. The first-order chi connectivity index (χ1) is 15.5. The van der Waals surface area contributed by atoms with E-state index in [0.717, 1.165) is 16.5 Å². The van der Waals surface area contributed by atoms with Crippen molar-refractivity contribution in [3.8, 4) is 6.07 Å². The number of rotatable bonds is 6. The number of carbonyl (C=O) groups is 2. The average Bonchev–Trinajstić information content (AvgIpc) is 3.39. The third kappa shape index (κ3) is 4.16. The van der Waals surface area contributed by atoms with Crippen LogP contribution in [0.4, 0.5) is 5.69 Å². The van der Waals surface area contributed by atoms with Gasteiger partial charge in [-0.15, -0.1) is 0 Å². The Bertz CT molecular complexity index is 1400. The topological polar surface area (TPSA) is 108 Å². The minimum Gasteiger partial charge on any atom is -0.475 e. The molecule has 2 aromatic carbocycles. The molecule has 0 fully saturated rings. The molecule has 4 aromatic rings. The SMILES string of the molecule is Cc1ccccc1NC(=O)/C(C#N)=C\c1cn(Cc2ccc(C(=O)O)o2)c2ccccc12. The van der Waals surface area contributed by atoms with Gasteiger partial charge < -0.3 is 19.4 Å². The Kier molecular flexibility index (Phi) is 5.60. The molecule has 158 valence electrons. The number of nitriles is 1. The fourth-order valence-corrected chi connectivity index (χ4v) is 3.47. The second-order valence-corrected chi connectivity index (χ2v) is 7.24. The number of amides is 1. The summed E-state index contributed by atoms with van der Waals surface area (Å²) in [7, 11) is 0. The van der Waals surface area contributed by atoms with Gasteiger partial charge in [-0.25, -0.2) is 4.79 Å². The zero-order valence-corrected chi connectivity index (χ0v) is 17.2. The molecule has 0 atom stereocenters. The second kappa shape index (κ2) is 8.66. The second-order valence-electron chi connectivity index (χ2n) is 7.24. The summed E-state index contributed by atoms with van der Waals surface area (Å²) in [6.45, 7) is 2.18. The zero-order valence-electron chi connectivity index (χ0n) is 17.2. The van der Waals surface area contributed by atoms with Gasteiger partial charge in [0.2, 0.25) is 5.76 Å². The van der Waals surface area contributed by atoms with E-state index in [4.69, 9.17) is 9.52 Å². The van der Waals surface area contributed by atoms with Gasteiger partial charge in [0.15, 0.2) is 0 Å². The number of anilines is 1. The Morgan fingerprint density at radius 2 is 1.88 bits per heavy atom. The Hall–Kier alpha value is -4.57. The lowest BCUT2D eigenvalue weighted by atomic mass is 10.1. The number of hydrogen-bond donors (Lipinski definition) is 2. The summed E-state index contributed by atoms with van der Waals surface area (Å²) in [4.78, 5) is 23.8. The van der Waals surface area contributed by atoms with E-state index in [1.807, 2.05) is 66.2 Å². The molecule has 7 heteroatoms. The first-order valence-electron chi connectivity index (χ1n) is 9.85. The van der Waals surface area contributed by atoms with Crippen LogP contribution >= 0.6 is 0 Å². The van der Waals surface area contributed by atoms with Crippen LogP contribution < -0.4 is 5.32 Å². The minimum atomic E-state index is -1.13. The minimum absolute atomic E-state index is 0.0256. The molecule has 0 aliphatic heterocycles. The molecular weight excluding hydrogens is 406 g/mol. The molecular formula is C25H19N3O4. The number of aromatic nitrogens is 1. The Balaban J connectivity index is 1.68. The number of para-hydroxylation sites is 2. The van der Waals surface area contributed by atoms with Gasteiger partial charge >= 0.3 is 5.97 Å². The van der Waals surface area contributed by atoms with E-state index in [9.17, 15) is 14.9 Å². The predicted octanol–water partition coefficient (Wildman–Crippen LogP) is 4.83. The van der Waals surface area contributed by atoms with Crippen molar-refractivity contribution in [3.63, 3.8) is 0 Å². The number of carboxylic acid groups (broad SMARTS) is 1. The molecule has 7 nitrogen and oxygen atoms in total. The van der Waals surface area contributed by atoms with E-state index >= 15 is 0 Å². The molecule has 1 amide bonds. The molecule has 0 spiro atoms. The third-order valence-corrected chi connectivity index (χ3v) is 5.08. The molecule has 4 rings (SSSR count). The normalized spacial score (nSPS) is 11.3. The summed E-state index contributed by atoms with van der Waals surface area (Å²) in [5.74, 6) is -1.26. The Labute approximate surface area is 183 Å². The molecule has 0 saturated heterocycles. The van der Waals surface area contributed by atoms with E-state index in [-0.39, 0.29) is 11.3 Å². The lowest BCUT2D eigenvalue weighted by Gasteiger charge is -2.07. The zero-order chi connectivity index (χ0) is 22.7. The van der Waals surface area contributed by atoms with Crippen LogP contribution in [0, 0.1) is 18.3 Å². The molecule has 0 saturated carbocycles. The summed E-state index contributed by atoms with van der Waals surface area (Å²) >= 11 is 0. The van der Waals surface area contributed by atoms with Crippen LogP contribution in [0.3, 0.4) is 0 Å². The maximum atomic E-state index is 12.7. The third-order valence-electron chi connectivity index (χ3n) is 5.08. The average molecular weight is 425 g/mol. The van der Waals surface area contributed by atoms with Crippen molar-refractivity contribution in [3.05, 3.63) is 95.1 Å². The van der Waals surface area contributed by atoms with E-state index in [1.54, 1.807) is 18.2 Å². The van der Waals surface area contributed by atoms with Crippen molar-refractivity contribution in [2.24, 2.45) is 0 Å². The van der Waals surface area contributed by atoms with Gasteiger partial charge in [0.25, 0.3) is 5.91 Å². The highest BCUT2D eigenvalue weighted by atomic mass is 16.4. The number of hydrogen-bond acceptors (Lipinski definition) is 4. The molecule has 0 radical (unpaired) electrons. The maximum absolute atomic E-state index is 12.7. The van der Waals surface area contributed by atoms with Gasteiger partial charge in [0, 0.05) is 28.4 Å². The largest absolute Gasteiger partial charge is 0.475 e. The number of carboxylic acids is 1. The number of nitrogens with zero attached hydrogens (tertiary/aromatic N) is 2. The van der Waals surface area contributed by atoms with Gasteiger partial charge in [0.05, 0.1) is 6.54 Å². The van der Waals surface area contributed by atoms with Crippen LogP contribution in [-0.2, 0) is 11.3 Å². The van der Waals surface area contributed by atoms with Crippen molar-refractivity contribution >= 4 is 34.5 Å². The standard InChI is InChI=1S/C25H19N3O4/c1-16-6-2-4-8-21(16)27-24(29)17(13-26)12-18-14-28(22-9-5-3-7-20(18)22)15-19-10-11-23(32-19)25(30)31/h2-12,14H,15H2,1H3,(H,27,29)(H,30,31)/b17-12-. The van der Waals surface area contributed by atoms with E-state index in [1.165, 1.54) is 6.07 Å². The van der Waals surface area contributed by atoms with E-state index in [0.29, 0.717) is 23.6 Å². The van der Waals surface area contributed by atoms with E-state index < -0.39 is 11.9 Å². The van der Waals surface area contributed by atoms with Crippen molar-refractivity contribution < 1.29 is 19.1 Å². The van der Waals surface area contributed by atoms with Crippen molar-refractivity contribution in [1.82, 2.24) is 4.57 Å². The number of nitrogens with one attached hydrogen (secondary N) is 1. The number of aromatic carboxylic acids is 1. The van der Waals surface area contributed by atoms with Crippen LogP contribution in [0.25, 0.3) is 17.0 Å². The van der Waals surface area contributed by atoms with Crippen LogP contribution in [0.1, 0.15) is 27.4 Å². The first kappa shape index (κ1) is 20.7. The van der Waals surface area contributed by atoms with Gasteiger partial charge in [-0.2, -0.15) is 5.26 Å². The smallest absolute Gasteiger partial charge is 0.371 e. The summed E-state index contributed by atoms with van der Waals surface area (Å²) in [5, 5.41) is 22.3. The molecule has 2 N–H and O–H groups in total. The quantitative estimate of drug-likeness (QED) is 0.340. The van der Waals surface area contributed by atoms with Crippen LogP contribution in [0.5, 0.6) is 0 Å². The molecule has 0 unspecified atom stereocenters. The summed E-state index contributed by atoms with van der Waals surface area (Å²) in [6.07, 6.45) is 3.36. The fraction of sp³-hybridized carbons (Fsp3) is 0.0800. The number of furan rings is 1. The monoisotopic (exact) mass is 425 g/mol. The molecule has 2 aromatic heterocycles. The maximum Gasteiger partial charge on any atom is 0.371 e. The highest BCUT2D eigenvalue weighted by Crippen LogP contribution is 2.25. The Morgan fingerprint density at radius 1 is 1.12 bits per heavy atom. The number of benzene rings is 2. The Morgan fingerprint density at radius 3 is 2.59 bits per heavy atom. The van der Waals surface area contributed by atoms with Crippen molar-refractivity contribution in [2.45, 2.75) is 13.5 Å². The summed E-state index contributed by atoms with van der Waals surface area (Å²) in [6, 6.07) is 19.9.